The summed E-state index contributed by atoms with van der Waals surface area (Å²) in [7, 11) is 0. The second kappa shape index (κ2) is 6.49. The number of halogens is 1. The first-order chi connectivity index (χ1) is 11.0. The van der Waals surface area contributed by atoms with E-state index in [1.165, 1.54) is 0 Å². The molecule has 23 heavy (non-hydrogen) atoms. The molecule has 124 valence electrons. The molecule has 4 atom stereocenters. The number of nitrogens with zero attached hydrogens (tertiary/aromatic N) is 1. The number of carbonyl (C=O) groups excluding carboxylic acids is 2. The number of hydrogen-bond donors (Lipinski definition) is 2. The van der Waals surface area contributed by atoms with Gasteiger partial charge in [-0.15, -0.1) is 0 Å². The maximum Gasteiger partial charge on any atom is 0.251 e. The van der Waals surface area contributed by atoms with Crippen LogP contribution in [-0.2, 0) is 4.79 Å². The van der Waals surface area contributed by atoms with Crippen LogP contribution in [0.4, 0.5) is 0 Å². The molecule has 1 aromatic carbocycles. The number of benzene rings is 1. The summed E-state index contributed by atoms with van der Waals surface area (Å²) in [5, 5.41) is 3.34. The molecule has 2 aliphatic rings. The molecule has 3 N–H and O–H groups in total. The van der Waals surface area contributed by atoms with E-state index in [9.17, 15) is 9.59 Å². The molecular formula is C17H22ClN3O2. The molecular weight excluding hydrogens is 314 g/mol. The van der Waals surface area contributed by atoms with Gasteiger partial charge in [0.15, 0.2) is 0 Å². The normalized spacial score (nSPS) is 27.6. The van der Waals surface area contributed by atoms with E-state index in [0.717, 1.165) is 19.4 Å². The van der Waals surface area contributed by atoms with Crippen molar-refractivity contribution in [1.82, 2.24) is 10.2 Å². The van der Waals surface area contributed by atoms with Crippen LogP contribution < -0.4 is 11.1 Å². The molecule has 0 aromatic heterocycles. The minimum atomic E-state index is -0.548. The van der Waals surface area contributed by atoms with Crippen LogP contribution in [0.1, 0.15) is 30.1 Å². The maximum absolute atomic E-state index is 12.6. The van der Waals surface area contributed by atoms with Crippen molar-refractivity contribution in [3.8, 4) is 0 Å². The lowest BCUT2D eigenvalue weighted by Crippen LogP contribution is -2.46. The summed E-state index contributed by atoms with van der Waals surface area (Å²) in [5.74, 6) is 0.638. The zero-order valence-corrected chi connectivity index (χ0v) is 13.9. The predicted octanol–water partition coefficient (Wildman–Crippen LogP) is 1.65. The van der Waals surface area contributed by atoms with E-state index in [4.69, 9.17) is 17.3 Å². The summed E-state index contributed by atoms with van der Waals surface area (Å²) in [6.07, 6.45) is 2.15. The molecule has 3 rings (SSSR count). The molecule has 0 bridgehead atoms. The van der Waals surface area contributed by atoms with Gasteiger partial charge in [0.05, 0.1) is 0 Å². The van der Waals surface area contributed by atoms with Gasteiger partial charge in [-0.3, -0.25) is 9.59 Å². The fourth-order valence-corrected chi connectivity index (χ4v) is 3.83. The smallest absolute Gasteiger partial charge is 0.251 e. The summed E-state index contributed by atoms with van der Waals surface area (Å²) in [4.78, 5) is 26.6. The fraction of sp³-hybridized carbons (Fsp3) is 0.529. The standard InChI is InChI=1S/C17H22ClN3O2/c1-10(20-16(22)11-2-5-13(18)6-3-11)17(23)21-8-12-4-7-15(19)14(12)9-21/h2-3,5-6,10,12,14-15H,4,7-9,19H2,1H3,(H,20,22). The SMILES string of the molecule is CC(NC(=O)c1ccc(Cl)cc1)C(=O)N1CC2CCC(N)C2C1. The first-order valence-electron chi connectivity index (χ1n) is 8.06. The Kier molecular flexibility index (Phi) is 4.60. The lowest BCUT2D eigenvalue weighted by molar-refractivity contribution is -0.132. The van der Waals surface area contributed by atoms with Crippen LogP contribution in [0.3, 0.4) is 0 Å². The quantitative estimate of drug-likeness (QED) is 0.882. The Morgan fingerprint density at radius 2 is 1.96 bits per heavy atom. The largest absolute Gasteiger partial charge is 0.341 e. The summed E-state index contributed by atoms with van der Waals surface area (Å²) >= 11 is 5.81. The second-order valence-corrected chi connectivity index (χ2v) is 7.05. The monoisotopic (exact) mass is 335 g/mol. The average molecular weight is 336 g/mol. The molecule has 1 aromatic rings. The zero-order chi connectivity index (χ0) is 16.6. The second-order valence-electron chi connectivity index (χ2n) is 6.61. The van der Waals surface area contributed by atoms with Gasteiger partial charge in [0.1, 0.15) is 6.04 Å². The highest BCUT2D eigenvalue weighted by Gasteiger charge is 2.43. The van der Waals surface area contributed by atoms with Crippen LogP contribution in [-0.4, -0.2) is 41.9 Å². The van der Waals surface area contributed by atoms with Crippen LogP contribution in [0, 0.1) is 11.8 Å². The average Bonchev–Trinajstić information content (AvgIpc) is 3.09. The Bertz CT molecular complexity index is 604. The number of rotatable bonds is 3. The van der Waals surface area contributed by atoms with Gasteiger partial charge < -0.3 is 16.0 Å². The Morgan fingerprint density at radius 1 is 1.26 bits per heavy atom. The van der Waals surface area contributed by atoms with Crippen LogP contribution in [0.5, 0.6) is 0 Å². The molecule has 1 saturated heterocycles. The molecule has 1 saturated carbocycles. The number of hydrogen-bond acceptors (Lipinski definition) is 3. The first kappa shape index (κ1) is 16.3. The third kappa shape index (κ3) is 3.35. The van der Waals surface area contributed by atoms with Crippen LogP contribution in [0.2, 0.25) is 5.02 Å². The van der Waals surface area contributed by atoms with Crippen LogP contribution in [0.15, 0.2) is 24.3 Å². The molecule has 2 fully saturated rings. The lowest BCUT2D eigenvalue weighted by atomic mass is 9.98. The van der Waals surface area contributed by atoms with Crippen molar-refractivity contribution < 1.29 is 9.59 Å². The van der Waals surface area contributed by atoms with E-state index >= 15 is 0 Å². The third-order valence-corrected chi connectivity index (χ3v) is 5.30. The van der Waals surface area contributed by atoms with E-state index in [0.29, 0.717) is 29.0 Å². The molecule has 0 spiro atoms. The molecule has 6 heteroatoms. The highest BCUT2D eigenvalue weighted by atomic mass is 35.5. The topological polar surface area (TPSA) is 75.4 Å². The Balaban J connectivity index is 1.58. The van der Waals surface area contributed by atoms with Crippen molar-refractivity contribution in [3.05, 3.63) is 34.9 Å². The highest BCUT2D eigenvalue weighted by molar-refractivity contribution is 6.30. The Labute approximate surface area is 141 Å². The van der Waals surface area contributed by atoms with E-state index in [1.807, 2.05) is 4.90 Å². The fourth-order valence-electron chi connectivity index (χ4n) is 3.70. The van der Waals surface area contributed by atoms with Gasteiger partial charge in [-0.2, -0.15) is 0 Å². The molecule has 0 radical (unpaired) electrons. The number of fused-ring (bicyclic) bond motifs is 1. The van der Waals surface area contributed by atoms with E-state index in [-0.39, 0.29) is 17.9 Å². The summed E-state index contributed by atoms with van der Waals surface area (Å²) in [5.41, 5.74) is 6.60. The molecule has 2 amide bonds. The van der Waals surface area contributed by atoms with Crippen LogP contribution >= 0.6 is 11.6 Å². The van der Waals surface area contributed by atoms with Gasteiger partial charge in [-0.1, -0.05) is 11.6 Å². The van der Waals surface area contributed by atoms with E-state index < -0.39 is 6.04 Å². The van der Waals surface area contributed by atoms with Crippen LogP contribution in [0.25, 0.3) is 0 Å². The Hall–Kier alpha value is -1.59. The first-order valence-corrected chi connectivity index (χ1v) is 8.44. The van der Waals surface area contributed by atoms with E-state index in [1.54, 1.807) is 31.2 Å². The van der Waals surface area contributed by atoms with Gasteiger partial charge in [0, 0.05) is 29.7 Å². The lowest BCUT2D eigenvalue weighted by Gasteiger charge is -2.23. The van der Waals surface area contributed by atoms with Crippen molar-refractivity contribution in [2.45, 2.75) is 31.8 Å². The van der Waals surface area contributed by atoms with Gasteiger partial charge >= 0.3 is 0 Å². The Morgan fingerprint density at radius 3 is 2.61 bits per heavy atom. The zero-order valence-electron chi connectivity index (χ0n) is 13.2. The molecule has 4 unspecified atom stereocenters. The van der Waals surface area contributed by atoms with Gasteiger partial charge in [0.2, 0.25) is 5.91 Å². The minimum absolute atomic E-state index is 0.0334. The van der Waals surface area contributed by atoms with Gasteiger partial charge in [-0.25, -0.2) is 0 Å². The van der Waals surface area contributed by atoms with Crippen molar-refractivity contribution in [2.24, 2.45) is 17.6 Å². The van der Waals surface area contributed by atoms with Crippen molar-refractivity contribution in [3.63, 3.8) is 0 Å². The molecule has 1 heterocycles. The third-order valence-electron chi connectivity index (χ3n) is 5.05. The van der Waals surface area contributed by atoms with Gasteiger partial charge in [0.25, 0.3) is 5.91 Å². The molecule has 5 nitrogen and oxygen atoms in total. The molecule has 1 aliphatic heterocycles. The predicted molar refractivity (Wildman–Crippen MR) is 89.1 cm³/mol. The van der Waals surface area contributed by atoms with Crippen molar-refractivity contribution in [2.75, 3.05) is 13.1 Å². The number of nitrogens with one attached hydrogen (secondary N) is 1. The number of nitrogens with two attached hydrogens (primary N) is 1. The summed E-state index contributed by atoms with van der Waals surface area (Å²) in [6, 6.07) is 6.27. The minimum Gasteiger partial charge on any atom is -0.341 e. The number of amides is 2. The maximum atomic E-state index is 12.6. The van der Waals surface area contributed by atoms with Crippen molar-refractivity contribution in [1.29, 1.82) is 0 Å². The van der Waals surface area contributed by atoms with E-state index in [2.05, 4.69) is 5.32 Å². The molecule has 1 aliphatic carbocycles. The number of likely N-dealkylation sites (tertiary alicyclic amines) is 1. The highest BCUT2D eigenvalue weighted by Crippen LogP contribution is 2.37. The summed E-state index contributed by atoms with van der Waals surface area (Å²) < 4.78 is 0. The van der Waals surface area contributed by atoms with Crippen molar-refractivity contribution >= 4 is 23.4 Å². The van der Waals surface area contributed by atoms with Gasteiger partial charge in [-0.05, 0) is 55.9 Å². The summed E-state index contributed by atoms with van der Waals surface area (Å²) in [6.45, 7) is 3.20. The number of carbonyl (C=O) groups is 2.